The first-order valence-electron chi connectivity index (χ1n) is 13.3. The molecule has 0 fully saturated rings. The Kier molecular flexibility index (Phi) is 13.2. The first-order chi connectivity index (χ1) is 20.8. The molecule has 0 aliphatic carbocycles. The first-order valence-corrected chi connectivity index (χ1v) is 13.3. The van der Waals surface area contributed by atoms with Crippen LogP contribution in [0.25, 0.3) is 0 Å². The van der Waals surface area contributed by atoms with E-state index in [9.17, 15) is 24.0 Å². The van der Waals surface area contributed by atoms with E-state index in [1.165, 1.54) is 12.1 Å². The van der Waals surface area contributed by atoms with Crippen LogP contribution >= 0.6 is 0 Å². The highest BCUT2D eigenvalue weighted by molar-refractivity contribution is 5.97. The number of carbonyl (C=O) groups is 4. The van der Waals surface area contributed by atoms with Gasteiger partial charge >= 0.3 is 17.9 Å². The second kappa shape index (κ2) is 16.8. The maximum Gasteiger partial charge on any atom is 0.326 e. The third-order valence-corrected chi connectivity index (χ3v) is 6.04. The van der Waals surface area contributed by atoms with Crippen molar-refractivity contribution in [1.82, 2.24) is 15.3 Å². The van der Waals surface area contributed by atoms with Gasteiger partial charge in [-0.15, -0.1) is 0 Å². The molecule has 16 N–H and O–H groups in total. The highest BCUT2D eigenvalue weighted by atomic mass is 16.4. The van der Waals surface area contributed by atoms with Crippen molar-refractivity contribution in [3.8, 4) is 0 Å². The number of nitrogens with zero attached hydrogens (tertiary/aromatic N) is 2. The number of aromatic amines is 1. The summed E-state index contributed by atoms with van der Waals surface area (Å²) in [4.78, 5) is 66.5. The second-order valence-electron chi connectivity index (χ2n) is 9.55. The molecule has 19 heteroatoms. The van der Waals surface area contributed by atoms with E-state index in [1.54, 1.807) is 12.1 Å². The van der Waals surface area contributed by atoms with Crippen molar-refractivity contribution in [2.24, 2.45) is 22.2 Å². The quantitative estimate of drug-likeness (QED) is 0.0628. The van der Waals surface area contributed by atoms with Crippen molar-refractivity contribution < 1.29 is 34.5 Å². The van der Waals surface area contributed by atoms with Crippen LogP contribution in [0.2, 0.25) is 0 Å². The van der Waals surface area contributed by atoms with Gasteiger partial charge in [0.2, 0.25) is 5.95 Å². The van der Waals surface area contributed by atoms with Crippen molar-refractivity contribution in [3.05, 3.63) is 40.2 Å². The van der Waals surface area contributed by atoms with Crippen molar-refractivity contribution in [1.29, 1.82) is 0 Å². The summed E-state index contributed by atoms with van der Waals surface area (Å²) >= 11 is 0. The number of anilines is 4. The molecule has 1 aromatic carbocycles. The number of aliphatic imine (C=N–C) groups is 1. The molecule has 44 heavy (non-hydrogen) atoms. The molecule has 0 spiro atoms. The van der Waals surface area contributed by atoms with E-state index in [0.29, 0.717) is 49.7 Å². The third-order valence-electron chi connectivity index (χ3n) is 6.04. The van der Waals surface area contributed by atoms with Gasteiger partial charge < -0.3 is 59.5 Å². The average molecular weight is 620 g/mol. The summed E-state index contributed by atoms with van der Waals surface area (Å²) in [5.74, 6) is -3.63. The lowest BCUT2D eigenvalue weighted by Gasteiger charge is -2.27. The van der Waals surface area contributed by atoms with Crippen LogP contribution in [0.4, 0.5) is 23.1 Å². The third kappa shape index (κ3) is 11.7. The van der Waals surface area contributed by atoms with Crippen LogP contribution in [0.5, 0.6) is 0 Å². The van der Waals surface area contributed by atoms with E-state index in [1.807, 2.05) is 0 Å². The van der Waals surface area contributed by atoms with E-state index in [0.717, 1.165) is 0 Å². The molecule has 0 saturated carbocycles. The van der Waals surface area contributed by atoms with E-state index >= 15 is 0 Å². The molecule has 0 bridgehead atoms. The van der Waals surface area contributed by atoms with Gasteiger partial charge in [0.1, 0.15) is 17.8 Å². The number of carboxylic acids is 3. The molecule has 3 rings (SSSR count). The van der Waals surface area contributed by atoms with Crippen molar-refractivity contribution in [2.75, 3.05) is 41.3 Å². The van der Waals surface area contributed by atoms with E-state index < -0.39 is 35.9 Å². The number of fused-ring (bicyclic) bond motifs is 1. The molecule has 2 aromatic rings. The number of hydrogen-bond donors (Lipinski definition) is 12. The molecule has 1 aliphatic heterocycles. The van der Waals surface area contributed by atoms with Gasteiger partial charge in [0.15, 0.2) is 11.8 Å². The molecule has 3 atom stereocenters. The number of H-pyrrole nitrogens is 1. The minimum absolute atomic E-state index is 0.0129. The topological polar surface area (TPSA) is 339 Å². The number of carbonyl (C=O) groups excluding carboxylic acids is 1. The Morgan fingerprint density at radius 2 is 1.75 bits per heavy atom. The number of carboxylic acid groups (broad SMARTS) is 3. The number of nitrogens with one attached hydrogen (secondary N) is 5. The average Bonchev–Trinajstić information content (AvgIpc) is 2.96. The number of nitrogens with two attached hydrogens (primary N) is 4. The van der Waals surface area contributed by atoms with E-state index in [-0.39, 0.29) is 41.9 Å². The number of rotatable bonds is 14. The minimum Gasteiger partial charge on any atom is -0.481 e. The van der Waals surface area contributed by atoms with Crippen LogP contribution in [0, 0.1) is 0 Å². The fourth-order valence-corrected chi connectivity index (χ4v) is 3.74. The Morgan fingerprint density at radius 1 is 1.07 bits per heavy atom. The Labute approximate surface area is 250 Å². The van der Waals surface area contributed by atoms with Crippen LogP contribution in [-0.2, 0) is 14.4 Å². The number of hydrogen-bond acceptors (Lipinski definition) is 12. The lowest BCUT2D eigenvalue weighted by atomic mass is 10.1. The summed E-state index contributed by atoms with van der Waals surface area (Å²) in [6, 6.07) is 4.11. The lowest BCUT2D eigenvalue weighted by Crippen LogP contribution is -2.41. The Hall–Kier alpha value is -5.59. The number of aliphatic carboxylic acids is 3. The van der Waals surface area contributed by atoms with Gasteiger partial charge in [0.25, 0.3) is 11.5 Å². The molecule has 240 valence electrons. The number of guanidine groups is 1. The maximum atomic E-state index is 12.3. The van der Waals surface area contributed by atoms with Gasteiger partial charge in [-0.05, 0) is 43.5 Å². The zero-order valence-electron chi connectivity index (χ0n) is 23.6. The van der Waals surface area contributed by atoms with Crippen LogP contribution in [-0.4, -0.2) is 92.8 Å². The lowest BCUT2D eigenvalue weighted by molar-refractivity contribution is -0.141. The van der Waals surface area contributed by atoms with E-state index in [2.05, 4.69) is 36.2 Å². The molecule has 1 aromatic heterocycles. The molecular formula is C25H37N11O8. The van der Waals surface area contributed by atoms with Crippen LogP contribution in [0.15, 0.2) is 34.1 Å². The SMILES string of the molecule is NC(N)=NCCC[C@H](N)C(=O)O.Nc1nc2c(c(=O)[nH]1)NC(CNc1ccc(C(=O)NC(CCC(=O)O)C(=O)O)cc1)CN2. The maximum absolute atomic E-state index is 12.3. The second-order valence-corrected chi connectivity index (χ2v) is 9.55. The summed E-state index contributed by atoms with van der Waals surface area (Å²) < 4.78 is 0. The summed E-state index contributed by atoms with van der Waals surface area (Å²) in [6.45, 7) is 1.38. The van der Waals surface area contributed by atoms with Gasteiger partial charge in [0, 0.05) is 37.3 Å². The predicted octanol–water partition coefficient (Wildman–Crippen LogP) is -1.83. The fraction of sp³-hybridized carbons (Fsp3) is 0.400. The Bertz CT molecular complexity index is 1390. The smallest absolute Gasteiger partial charge is 0.326 e. The zero-order chi connectivity index (χ0) is 32.8. The molecule has 19 nitrogen and oxygen atoms in total. The summed E-state index contributed by atoms with van der Waals surface area (Å²) in [6.07, 6.45) is 0.369. The van der Waals surface area contributed by atoms with Gasteiger partial charge in [0.05, 0.1) is 6.04 Å². The number of aromatic nitrogens is 2. The number of benzene rings is 1. The van der Waals surface area contributed by atoms with Crippen LogP contribution < -0.4 is 49.8 Å². The van der Waals surface area contributed by atoms with Crippen molar-refractivity contribution in [2.45, 2.75) is 43.8 Å². The first kappa shape index (κ1) is 34.6. The van der Waals surface area contributed by atoms with Crippen LogP contribution in [0.3, 0.4) is 0 Å². The zero-order valence-corrected chi connectivity index (χ0v) is 23.6. The van der Waals surface area contributed by atoms with Gasteiger partial charge in [-0.25, -0.2) is 4.79 Å². The Balaban J connectivity index is 0.000000477. The monoisotopic (exact) mass is 619 g/mol. The summed E-state index contributed by atoms with van der Waals surface area (Å²) in [5, 5.41) is 37.9. The normalized spacial score (nSPS) is 14.5. The van der Waals surface area contributed by atoms with Crippen molar-refractivity contribution >= 4 is 52.9 Å². The summed E-state index contributed by atoms with van der Waals surface area (Å²) in [7, 11) is 0. The molecule has 2 heterocycles. The van der Waals surface area contributed by atoms with Gasteiger partial charge in [-0.2, -0.15) is 4.98 Å². The highest BCUT2D eigenvalue weighted by Crippen LogP contribution is 2.20. The largest absolute Gasteiger partial charge is 0.481 e. The van der Waals surface area contributed by atoms with Crippen LogP contribution in [0.1, 0.15) is 36.0 Å². The molecule has 1 amide bonds. The molecule has 1 aliphatic rings. The van der Waals surface area contributed by atoms with Gasteiger partial charge in [-0.1, -0.05) is 0 Å². The van der Waals surface area contributed by atoms with E-state index in [4.69, 9.17) is 38.3 Å². The predicted molar refractivity (Wildman–Crippen MR) is 161 cm³/mol. The van der Waals surface area contributed by atoms with Crippen molar-refractivity contribution in [3.63, 3.8) is 0 Å². The van der Waals surface area contributed by atoms with Gasteiger partial charge in [-0.3, -0.25) is 29.2 Å². The molecular weight excluding hydrogens is 582 g/mol. The number of nitrogen functional groups attached to an aromatic ring is 1. The molecule has 2 unspecified atom stereocenters. The number of amides is 1. The molecule has 0 radical (unpaired) electrons. The standard InChI is InChI=1S/C19H23N7O6.C6H14N4O2/c20-19-25-15-14(17(30)26-19)23-11(8-22-15)7-21-10-3-1-9(2-4-10)16(29)24-12(18(31)32)5-6-13(27)28;7-4(5(11)12)2-1-3-10-6(8)9/h1-4,11-12,21,23H,5-8H2,(H,24,29)(H,27,28)(H,31,32)(H4,20,22,25,26,30);4H,1-3,7H2,(H,11,12)(H4,8,9,10)/t;4-/m.0/s1. The summed E-state index contributed by atoms with van der Waals surface area (Å²) in [5.41, 5.74) is 21.7. The minimum atomic E-state index is -1.30. The highest BCUT2D eigenvalue weighted by Gasteiger charge is 2.23. The molecule has 0 saturated heterocycles. The Morgan fingerprint density at radius 3 is 2.34 bits per heavy atom. The fourth-order valence-electron chi connectivity index (χ4n) is 3.74.